The summed E-state index contributed by atoms with van der Waals surface area (Å²) in [7, 11) is 0. The van der Waals surface area contributed by atoms with Crippen LogP contribution in [-0.2, 0) is 6.42 Å². The van der Waals surface area contributed by atoms with Gasteiger partial charge in [-0.1, -0.05) is 20.3 Å². The molecule has 20 heavy (non-hydrogen) atoms. The minimum Gasteiger partial charge on any atom is -0.370 e. The average Bonchev–Trinajstić information content (AvgIpc) is 2.88. The van der Waals surface area contributed by atoms with Crippen molar-refractivity contribution in [2.75, 3.05) is 29.9 Å². The molecule has 1 saturated heterocycles. The number of anilines is 2. The van der Waals surface area contributed by atoms with Crippen molar-refractivity contribution >= 4 is 11.6 Å². The Morgan fingerprint density at radius 3 is 2.80 bits per heavy atom. The summed E-state index contributed by atoms with van der Waals surface area (Å²) >= 11 is 0. The first-order valence-corrected chi connectivity index (χ1v) is 8.13. The molecule has 0 aliphatic carbocycles. The summed E-state index contributed by atoms with van der Waals surface area (Å²) < 4.78 is 0. The van der Waals surface area contributed by atoms with Gasteiger partial charge in [-0.3, -0.25) is 0 Å². The highest BCUT2D eigenvalue weighted by Crippen LogP contribution is 2.26. The first-order chi connectivity index (χ1) is 9.76. The second-order valence-corrected chi connectivity index (χ2v) is 5.70. The molecule has 1 N–H and O–H groups in total. The zero-order valence-corrected chi connectivity index (χ0v) is 13.2. The third-order valence-corrected chi connectivity index (χ3v) is 3.90. The first kappa shape index (κ1) is 15.1. The Labute approximate surface area is 123 Å². The zero-order valence-electron chi connectivity index (χ0n) is 13.2. The molecule has 0 radical (unpaired) electrons. The van der Waals surface area contributed by atoms with Crippen LogP contribution in [0.2, 0.25) is 0 Å². The standard InChI is InChI=1S/C16H28N4/c1-4-7-13-9-10-20(12-13)16-11-15(17-6-3)18-14(19-16)8-5-2/h11,13H,4-10,12H2,1-3H3,(H,17,18,19). The summed E-state index contributed by atoms with van der Waals surface area (Å²) in [5.74, 6) is 3.89. The van der Waals surface area contributed by atoms with Crippen molar-refractivity contribution in [3.05, 3.63) is 11.9 Å². The topological polar surface area (TPSA) is 41.1 Å². The molecule has 1 fully saturated rings. The highest BCUT2D eigenvalue weighted by molar-refractivity contribution is 5.50. The van der Waals surface area contributed by atoms with Crippen LogP contribution in [0.5, 0.6) is 0 Å². The van der Waals surface area contributed by atoms with Gasteiger partial charge in [0.25, 0.3) is 0 Å². The molecule has 112 valence electrons. The Bertz CT molecular complexity index is 395. The molecule has 1 aromatic heterocycles. The number of hydrogen-bond acceptors (Lipinski definition) is 4. The van der Waals surface area contributed by atoms with Gasteiger partial charge in [0.15, 0.2) is 0 Å². The molecule has 1 unspecified atom stereocenters. The summed E-state index contributed by atoms with van der Waals surface area (Å²) in [5.41, 5.74) is 0. The van der Waals surface area contributed by atoms with Crippen LogP contribution < -0.4 is 10.2 Å². The first-order valence-electron chi connectivity index (χ1n) is 8.13. The second kappa shape index (κ2) is 7.46. The number of aromatic nitrogens is 2. The fraction of sp³-hybridized carbons (Fsp3) is 0.750. The third kappa shape index (κ3) is 3.84. The lowest BCUT2D eigenvalue weighted by Crippen LogP contribution is -2.22. The van der Waals surface area contributed by atoms with E-state index in [0.29, 0.717) is 0 Å². The highest BCUT2D eigenvalue weighted by atomic mass is 15.2. The molecule has 2 heterocycles. The van der Waals surface area contributed by atoms with Gasteiger partial charge in [0.05, 0.1) is 0 Å². The maximum Gasteiger partial charge on any atom is 0.134 e. The molecule has 0 bridgehead atoms. The molecule has 1 aliphatic rings. The molecule has 1 aromatic rings. The lowest BCUT2D eigenvalue weighted by molar-refractivity contribution is 0.529. The number of nitrogens with one attached hydrogen (secondary N) is 1. The predicted molar refractivity (Wildman–Crippen MR) is 85.4 cm³/mol. The molecule has 0 aromatic carbocycles. The Hall–Kier alpha value is -1.32. The average molecular weight is 276 g/mol. The largest absolute Gasteiger partial charge is 0.370 e. The summed E-state index contributed by atoms with van der Waals surface area (Å²) in [6.07, 6.45) is 5.97. The summed E-state index contributed by atoms with van der Waals surface area (Å²) in [4.78, 5) is 11.8. The zero-order chi connectivity index (χ0) is 14.4. The second-order valence-electron chi connectivity index (χ2n) is 5.70. The highest BCUT2D eigenvalue weighted by Gasteiger charge is 2.23. The molecule has 2 rings (SSSR count). The van der Waals surface area contributed by atoms with E-state index in [2.05, 4.69) is 42.0 Å². The van der Waals surface area contributed by atoms with Crippen LogP contribution in [0.4, 0.5) is 11.6 Å². The van der Waals surface area contributed by atoms with Gasteiger partial charge in [-0.05, 0) is 32.1 Å². The Morgan fingerprint density at radius 2 is 2.10 bits per heavy atom. The summed E-state index contributed by atoms with van der Waals surface area (Å²) in [6.45, 7) is 9.75. The molecule has 0 amide bonds. The van der Waals surface area contributed by atoms with E-state index in [-0.39, 0.29) is 0 Å². The quantitative estimate of drug-likeness (QED) is 0.827. The van der Waals surface area contributed by atoms with E-state index in [9.17, 15) is 0 Å². The summed E-state index contributed by atoms with van der Waals surface area (Å²) in [6, 6.07) is 2.11. The van der Waals surface area contributed by atoms with E-state index < -0.39 is 0 Å². The number of rotatable bonds is 7. The fourth-order valence-corrected chi connectivity index (χ4v) is 2.94. The molecular weight excluding hydrogens is 248 g/mol. The Balaban J connectivity index is 2.13. The maximum absolute atomic E-state index is 4.76. The molecule has 1 aliphatic heterocycles. The molecule has 4 nitrogen and oxygen atoms in total. The Morgan fingerprint density at radius 1 is 1.25 bits per heavy atom. The number of aryl methyl sites for hydroxylation is 1. The van der Waals surface area contributed by atoms with E-state index in [1.54, 1.807) is 0 Å². The molecule has 0 saturated carbocycles. The molecular formula is C16H28N4. The van der Waals surface area contributed by atoms with E-state index in [1.807, 2.05) is 0 Å². The minimum atomic E-state index is 0.840. The van der Waals surface area contributed by atoms with Crippen LogP contribution in [0.1, 0.15) is 52.3 Å². The van der Waals surface area contributed by atoms with Crippen molar-refractivity contribution in [1.29, 1.82) is 0 Å². The van der Waals surface area contributed by atoms with Crippen LogP contribution in [0, 0.1) is 5.92 Å². The van der Waals surface area contributed by atoms with E-state index in [4.69, 9.17) is 4.98 Å². The molecule has 0 spiro atoms. The van der Waals surface area contributed by atoms with E-state index in [1.165, 1.54) is 19.3 Å². The van der Waals surface area contributed by atoms with Crippen molar-refractivity contribution in [3.8, 4) is 0 Å². The van der Waals surface area contributed by atoms with Crippen molar-refractivity contribution in [1.82, 2.24) is 9.97 Å². The smallest absolute Gasteiger partial charge is 0.134 e. The van der Waals surface area contributed by atoms with Crippen molar-refractivity contribution in [2.45, 2.75) is 52.9 Å². The van der Waals surface area contributed by atoms with Gasteiger partial charge in [-0.25, -0.2) is 9.97 Å². The van der Waals surface area contributed by atoms with Gasteiger partial charge in [0.1, 0.15) is 17.5 Å². The molecule has 4 heteroatoms. The van der Waals surface area contributed by atoms with Crippen LogP contribution in [-0.4, -0.2) is 29.6 Å². The summed E-state index contributed by atoms with van der Waals surface area (Å²) in [5, 5.41) is 3.33. The van der Waals surface area contributed by atoms with Crippen LogP contribution in [0.15, 0.2) is 6.07 Å². The van der Waals surface area contributed by atoms with Gasteiger partial charge in [-0.2, -0.15) is 0 Å². The normalized spacial score (nSPS) is 18.6. The van der Waals surface area contributed by atoms with Gasteiger partial charge in [-0.15, -0.1) is 0 Å². The lowest BCUT2D eigenvalue weighted by Gasteiger charge is -2.19. The SMILES string of the molecule is CCCc1nc(NCC)cc(N2CCC(CCC)C2)n1. The van der Waals surface area contributed by atoms with Crippen LogP contribution in [0.3, 0.4) is 0 Å². The molecule has 1 atom stereocenters. The van der Waals surface area contributed by atoms with Gasteiger partial charge in [0, 0.05) is 32.1 Å². The van der Waals surface area contributed by atoms with E-state index >= 15 is 0 Å². The van der Waals surface area contributed by atoms with Crippen molar-refractivity contribution in [3.63, 3.8) is 0 Å². The predicted octanol–water partition coefficient (Wildman–Crippen LogP) is 3.49. The number of hydrogen-bond donors (Lipinski definition) is 1. The van der Waals surface area contributed by atoms with Crippen LogP contribution >= 0.6 is 0 Å². The fourth-order valence-electron chi connectivity index (χ4n) is 2.94. The van der Waals surface area contributed by atoms with Gasteiger partial charge < -0.3 is 10.2 Å². The number of nitrogens with zero attached hydrogens (tertiary/aromatic N) is 3. The van der Waals surface area contributed by atoms with Gasteiger partial charge in [0.2, 0.25) is 0 Å². The minimum absolute atomic E-state index is 0.840. The lowest BCUT2D eigenvalue weighted by atomic mass is 10.0. The van der Waals surface area contributed by atoms with Crippen molar-refractivity contribution < 1.29 is 0 Å². The Kier molecular flexibility index (Phi) is 5.62. The third-order valence-electron chi connectivity index (χ3n) is 3.90. The monoisotopic (exact) mass is 276 g/mol. The van der Waals surface area contributed by atoms with E-state index in [0.717, 1.165) is 55.9 Å². The van der Waals surface area contributed by atoms with Crippen molar-refractivity contribution in [2.24, 2.45) is 5.92 Å². The van der Waals surface area contributed by atoms with Gasteiger partial charge >= 0.3 is 0 Å². The maximum atomic E-state index is 4.76. The van der Waals surface area contributed by atoms with Crippen LogP contribution in [0.25, 0.3) is 0 Å².